The van der Waals surface area contributed by atoms with Crippen LogP contribution in [0.4, 0.5) is 5.95 Å². The molecule has 0 spiro atoms. The number of hydrogen-bond donors (Lipinski definition) is 1. The lowest BCUT2D eigenvalue weighted by Crippen LogP contribution is -2.26. The number of hydrogen-bond acceptors (Lipinski definition) is 4. The van der Waals surface area contributed by atoms with Gasteiger partial charge in [0.1, 0.15) is 0 Å². The van der Waals surface area contributed by atoms with Crippen LogP contribution in [0, 0.1) is 6.92 Å². The summed E-state index contributed by atoms with van der Waals surface area (Å²) in [5.41, 5.74) is 2.13. The molecule has 0 aliphatic carbocycles. The van der Waals surface area contributed by atoms with E-state index in [2.05, 4.69) is 47.0 Å². The Morgan fingerprint density at radius 2 is 1.94 bits per heavy atom. The lowest BCUT2D eigenvalue weighted by molar-refractivity contribution is 0.658. The Morgan fingerprint density at radius 3 is 2.56 bits per heavy atom. The van der Waals surface area contributed by atoms with E-state index in [1.165, 1.54) is 0 Å². The highest BCUT2D eigenvalue weighted by atomic mass is 15.2. The van der Waals surface area contributed by atoms with Crippen LogP contribution >= 0.6 is 0 Å². The molecule has 0 saturated carbocycles. The van der Waals surface area contributed by atoms with Gasteiger partial charge in [0.25, 0.3) is 0 Å². The molecule has 0 saturated heterocycles. The second kappa shape index (κ2) is 8.03. The fourth-order valence-corrected chi connectivity index (χ4v) is 1.91. The van der Waals surface area contributed by atoms with Crippen LogP contribution in [0.3, 0.4) is 0 Å². The predicted octanol–water partition coefficient (Wildman–Crippen LogP) is 2.52. The summed E-state index contributed by atoms with van der Waals surface area (Å²) in [4.78, 5) is 11.4. The fraction of sp³-hybridized carbons (Fsp3) is 0.714. The van der Waals surface area contributed by atoms with Gasteiger partial charge in [0, 0.05) is 25.3 Å². The van der Waals surface area contributed by atoms with Crippen molar-refractivity contribution in [2.45, 2.75) is 47.1 Å². The van der Waals surface area contributed by atoms with Gasteiger partial charge < -0.3 is 10.2 Å². The molecule has 1 N–H and O–H groups in total. The lowest BCUT2D eigenvalue weighted by Gasteiger charge is -2.21. The van der Waals surface area contributed by atoms with Crippen molar-refractivity contribution >= 4 is 5.95 Å². The Bertz CT molecular complexity index is 352. The van der Waals surface area contributed by atoms with Gasteiger partial charge in [0.05, 0.1) is 5.69 Å². The maximum atomic E-state index is 4.65. The monoisotopic (exact) mass is 250 g/mol. The van der Waals surface area contributed by atoms with Gasteiger partial charge >= 0.3 is 0 Å². The fourth-order valence-electron chi connectivity index (χ4n) is 1.91. The molecule has 1 aromatic rings. The number of aromatic nitrogens is 2. The zero-order valence-electron chi connectivity index (χ0n) is 12.2. The second-order valence-corrected chi connectivity index (χ2v) is 4.56. The summed E-state index contributed by atoms with van der Waals surface area (Å²) in [6.07, 6.45) is 2.27. The molecule has 0 aliphatic rings. The van der Waals surface area contributed by atoms with Crippen molar-refractivity contribution in [3.8, 4) is 0 Å². The molecule has 4 nitrogen and oxygen atoms in total. The van der Waals surface area contributed by atoms with Gasteiger partial charge in [-0.25, -0.2) is 9.97 Å². The number of nitrogens with one attached hydrogen (secondary N) is 1. The van der Waals surface area contributed by atoms with E-state index in [1.807, 2.05) is 6.92 Å². The number of aryl methyl sites for hydroxylation is 1. The molecule has 0 aromatic carbocycles. The highest BCUT2D eigenvalue weighted by Crippen LogP contribution is 2.10. The van der Waals surface area contributed by atoms with Crippen molar-refractivity contribution in [2.24, 2.45) is 0 Å². The van der Waals surface area contributed by atoms with Crippen LogP contribution in [-0.4, -0.2) is 29.6 Å². The molecule has 102 valence electrons. The topological polar surface area (TPSA) is 41.1 Å². The number of rotatable bonds is 8. The summed E-state index contributed by atoms with van der Waals surface area (Å²) in [6.45, 7) is 12.4. The average molecular weight is 250 g/mol. The van der Waals surface area contributed by atoms with E-state index in [0.717, 1.165) is 56.4 Å². The smallest absolute Gasteiger partial charge is 0.225 e. The van der Waals surface area contributed by atoms with Gasteiger partial charge in [-0.05, 0) is 39.3 Å². The summed E-state index contributed by atoms with van der Waals surface area (Å²) in [7, 11) is 0. The maximum Gasteiger partial charge on any atom is 0.225 e. The van der Waals surface area contributed by atoms with E-state index in [9.17, 15) is 0 Å². The third-order valence-electron chi connectivity index (χ3n) is 2.79. The Morgan fingerprint density at radius 1 is 1.17 bits per heavy atom. The molecule has 1 aromatic heterocycles. The van der Waals surface area contributed by atoms with E-state index in [-0.39, 0.29) is 0 Å². The van der Waals surface area contributed by atoms with Gasteiger partial charge in [0.15, 0.2) is 0 Å². The van der Waals surface area contributed by atoms with E-state index in [1.54, 1.807) is 0 Å². The molecule has 0 unspecified atom stereocenters. The predicted molar refractivity (Wildman–Crippen MR) is 76.9 cm³/mol. The van der Waals surface area contributed by atoms with Crippen LogP contribution in [0.25, 0.3) is 0 Å². The van der Waals surface area contributed by atoms with Gasteiger partial charge in [0.2, 0.25) is 5.95 Å². The van der Waals surface area contributed by atoms with E-state index < -0.39 is 0 Å². The summed E-state index contributed by atoms with van der Waals surface area (Å²) >= 11 is 0. The van der Waals surface area contributed by atoms with Gasteiger partial charge in [-0.15, -0.1) is 0 Å². The summed E-state index contributed by atoms with van der Waals surface area (Å²) in [5.74, 6) is 0.868. The highest BCUT2D eigenvalue weighted by Gasteiger charge is 2.08. The van der Waals surface area contributed by atoms with Crippen LogP contribution in [0.15, 0.2) is 6.07 Å². The first-order valence-electron chi connectivity index (χ1n) is 7.01. The van der Waals surface area contributed by atoms with Crippen LogP contribution in [0.1, 0.15) is 45.0 Å². The second-order valence-electron chi connectivity index (χ2n) is 4.56. The van der Waals surface area contributed by atoms with Crippen molar-refractivity contribution in [3.05, 3.63) is 17.5 Å². The molecule has 0 fully saturated rings. The zero-order valence-corrected chi connectivity index (χ0v) is 12.2. The van der Waals surface area contributed by atoms with Crippen molar-refractivity contribution in [1.82, 2.24) is 15.3 Å². The lowest BCUT2D eigenvalue weighted by atomic mass is 10.3. The van der Waals surface area contributed by atoms with E-state index in [0.29, 0.717) is 0 Å². The van der Waals surface area contributed by atoms with Gasteiger partial charge in [-0.2, -0.15) is 0 Å². The minimum atomic E-state index is 0.827. The first kappa shape index (κ1) is 14.9. The molecule has 0 amide bonds. The highest BCUT2D eigenvalue weighted by molar-refractivity contribution is 5.32. The third kappa shape index (κ3) is 4.61. The molecule has 1 rings (SSSR count). The summed E-state index contributed by atoms with van der Waals surface area (Å²) in [5, 5.41) is 3.39. The summed E-state index contributed by atoms with van der Waals surface area (Å²) < 4.78 is 0. The standard InChI is InChI=1S/C14H26N4/c1-5-8-15-11-13-10-12(4)16-14(17-13)18(7-3)9-6-2/h10,15H,5-9,11H2,1-4H3. The Hall–Kier alpha value is -1.16. The van der Waals surface area contributed by atoms with Gasteiger partial charge in [-0.1, -0.05) is 13.8 Å². The average Bonchev–Trinajstić information content (AvgIpc) is 2.35. The van der Waals surface area contributed by atoms with E-state index in [4.69, 9.17) is 0 Å². The van der Waals surface area contributed by atoms with Gasteiger partial charge in [-0.3, -0.25) is 0 Å². The van der Waals surface area contributed by atoms with Crippen molar-refractivity contribution in [3.63, 3.8) is 0 Å². The Balaban J connectivity index is 2.78. The molecular formula is C14H26N4. The Kier molecular flexibility index (Phi) is 6.65. The van der Waals surface area contributed by atoms with Crippen LogP contribution in [0.5, 0.6) is 0 Å². The third-order valence-corrected chi connectivity index (χ3v) is 2.79. The maximum absolute atomic E-state index is 4.65. The van der Waals surface area contributed by atoms with Crippen molar-refractivity contribution in [1.29, 1.82) is 0 Å². The molecule has 0 bridgehead atoms. The quantitative estimate of drug-likeness (QED) is 0.720. The SMILES string of the molecule is CCCNCc1cc(C)nc(N(CC)CCC)n1. The normalized spacial score (nSPS) is 10.7. The van der Waals surface area contributed by atoms with Crippen LogP contribution in [-0.2, 0) is 6.54 Å². The molecule has 18 heavy (non-hydrogen) atoms. The zero-order chi connectivity index (χ0) is 13.4. The summed E-state index contributed by atoms with van der Waals surface area (Å²) in [6, 6.07) is 2.06. The first-order chi connectivity index (χ1) is 8.71. The molecule has 0 aliphatic heterocycles. The minimum Gasteiger partial charge on any atom is -0.341 e. The molecule has 0 radical (unpaired) electrons. The van der Waals surface area contributed by atoms with Crippen LogP contribution < -0.4 is 10.2 Å². The number of nitrogens with zero attached hydrogens (tertiary/aromatic N) is 3. The number of anilines is 1. The molecule has 4 heteroatoms. The molecular weight excluding hydrogens is 224 g/mol. The van der Waals surface area contributed by atoms with Crippen molar-refractivity contribution < 1.29 is 0 Å². The van der Waals surface area contributed by atoms with Crippen LogP contribution in [0.2, 0.25) is 0 Å². The van der Waals surface area contributed by atoms with E-state index >= 15 is 0 Å². The largest absolute Gasteiger partial charge is 0.341 e. The van der Waals surface area contributed by atoms with Crippen molar-refractivity contribution in [2.75, 3.05) is 24.5 Å². The molecule has 0 atom stereocenters. The Labute approximate surface area is 111 Å². The molecule has 1 heterocycles. The first-order valence-corrected chi connectivity index (χ1v) is 7.01. The minimum absolute atomic E-state index is 0.827.